The molecule has 0 aliphatic carbocycles. The van der Waals surface area contributed by atoms with Gasteiger partial charge >= 0.3 is 0 Å². The fourth-order valence-corrected chi connectivity index (χ4v) is 4.89. The molecule has 0 spiro atoms. The number of nitrogens with zero attached hydrogens (tertiary/aromatic N) is 4. The van der Waals surface area contributed by atoms with Gasteiger partial charge in [0.15, 0.2) is 5.82 Å². The quantitative estimate of drug-likeness (QED) is 0.608. The summed E-state index contributed by atoms with van der Waals surface area (Å²) in [5.74, 6) is 1.09. The maximum atomic E-state index is 4.98. The fraction of sp³-hybridized carbons (Fsp3) is 0.364. The van der Waals surface area contributed by atoms with E-state index in [1.165, 1.54) is 33.0 Å². The van der Waals surface area contributed by atoms with Gasteiger partial charge in [-0.1, -0.05) is 19.1 Å². The summed E-state index contributed by atoms with van der Waals surface area (Å²) in [4.78, 5) is 8.22. The summed E-state index contributed by atoms with van der Waals surface area (Å²) < 4.78 is 2.07. The van der Waals surface area contributed by atoms with Crippen LogP contribution in [0.4, 0.5) is 11.5 Å². The van der Waals surface area contributed by atoms with Gasteiger partial charge in [-0.3, -0.25) is 9.67 Å². The Kier molecular flexibility index (Phi) is 4.87. The number of rotatable bonds is 4. The van der Waals surface area contributed by atoms with Crippen LogP contribution in [0.25, 0.3) is 5.57 Å². The van der Waals surface area contributed by atoms with Crippen LogP contribution in [0.1, 0.15) is 47.2 Å². The molecule has 4 nitrogen and oxygen atoms in total. The van der Waals surface area contributed by atoms with E-state index >= 15 is 0 Å². The van der Waals surface area contributed by atoms with Crippen LogP contribution in [-0.4, -0.2) is 21.3 Å². The van der Waals surface area contributed by atoms with Gasteiger partial charge in [-0.15, -0.1) is 11.3 Å². The molecule has 3 aromatic rings. The SMILES string of the molecule is CCC=C(c1cccs1)c1c2c(nn1C)N(c1c(C)ccnc1C)CCC2. The van der Waals surface area contributed by atoms with Crippen molar-refractivity contribution in [3.63, 3.8) is 0 Å². The summed E-state index contributed by atoms with van der Waals surface area (Å²) in [6, 6.07) is 6.43. The molecule has 0 amide bonds. The predicted molar refractivity (Wildman–Crippen MR) is 114 cm³/mol. The first kappa shape index (κ1) is 18.0. The van der Waals surface area contributed by atoms with Crippen molar-refractivity contribution in [2.75, 3.05) is 11.4 Å². The van der Waals surface area contributed by atoms with E-state index in [1.54, 1.807) is 11.3 Å². The summed E-state index contributed by atoms with van der Waals surface area (Å²) in [6.45, 7) is 7.44. The van der Waals surface area contributed by atoms with Crippen molar-refractivity contribution in [2.45, 2.75) is 40.0 Å². The summed E-state index contributed by atoms with van der Waals surface area (Å²) >= 11 is 1.80. The van der Waals surface area contributed by atoms with E-state index in [-0.39, 0.29) is 0 Å². The van der Waals surface area contributed by atoms with Crippen molar-refractivity contribution < 1.29 is 0 Å². The first-order valence-electron chi connectivity index (χ1n) is 9.61. The molecule has 0 atom stereocenters. The van der Waals surface area contributed by atoms with Crippen LogP contribution in [0.15, 0.2) is 35.9 Å². The van der Waals surface area contributed by atoms with Gasteiger partial charge in [0, 0.05) is 35.8 Å². The first-order valence-corrected chi connectivity index (χ1v) is 10.5. The summed E-state index contributed by atoms with van der Waals surface area (Å²) in [5.41, 5.74) is 7.46. The van der Waals surface area contributed by atoms with Crippen LogP contribution in [0, 0.1) is 13.8 Å². The second-order valence-electron chi connectivity index (χ2n) is 7.09. The second kappa shape index (κ2) is 7.31. The average molecular weight is 379 g/mol. The minimum absolute atomic E-state index is 0.989. The lowest BCUT2D eigenvalue weighted by molar-refractivity contribution is 0.737. The number of fused-ring (bicyclic) bond motifs is 1. The molecule has 0 saturated heterocycles. The van der Waals surface area contributed by atoms with Gasteiger partial charge in [-0.25, -0.2) is 0 Å². The molecular weight excluding hydrogens is 352 g/mol. The number of aromatic nitrogens is 3. The van der Waals surface area contributed by atoms with E-state index in [0.29, 0.717) is 0 Å². The highest BCUT2D eigenvalue weighted by Gasteiger charge is 2.29. The van der Waals surface area contributed by atoms with Crippen LogP contribution in [0.3, 0.4) is 0 Å². The maximum absolute atomic E-state index is 4.98. The van der Waals surface area contributed by atoms with E-state index < -0.39 is 0 Å². The number of allylic oxidation sites excluding steroid dienone is 1. The Morgan fingerprint density at radius 2 is 2.15 bits per heavy atom. The maximum Gasteiger partial charge on any atom is 0.158 e. The largest absolute Gasteiger partial charge is 0.323 e. The number of aryl methyl sites for hydroxylation is 3. The zero-order valence-corrected chi connectivity index (χ0v) is 17.3. The van der Waals surface area contributed by atoms with Crippen LogP contribution in [0.5, 0.6) is 0 Å². The highest BCUT2D eigenvalue weighted by Crippen LogP contribution is 2.40. The summed E-state index contributed by atoms with van der Waals surface area (Å²) in [6.07, 6.45) is 7.44. The van der Waals surface area contributed by atoms with Crippen LogP contribution < -0.4 is 4.90 Å². The molecule has 140 valence electrons. The third-order valence-electron chi connectivity index (χ3n) is 5.22. The van der Waals surface area contributed by atoms with Gasteiger partial charge in [0.05, 0.1) is 17.1 Å². The molecule has 5 heteroatoms. The average Bonchev–Trinajstić information content (AvgIpc) is 3.28. The number of pyridine rings is 1. The third kappa shape index (κ3) is 3.10. The van der Waals surface area contributed by atoms with Crippen molar-refractivity contribution in [2.24, 2.45) is 7.05 Å². The molecule has 0 saturated carbocycles. The van der Waals surface area contributed by atoms with Crippen LogP contribution in [-0.2, 0) is 13.5 Å². The Labute approximate surface area is 165 Å². The van der Waals surface area contributed by atoms with Gasteiger partial charge in [-0.2, -0.15) is 5.10 Å². The zero-order valence-electron chi connectivity index (χ0n) is 16.5. The lowest BCUT2D eigenvalue weighted by Gasteiger charge is -2.30. The Hall–Kier alpha value is -2.40. The Morgan fingerprint density at radius 3 is 2.85 bits per heavy atom. The van der Waals surface area contributed by atoms with Gasteiger partial charge in [0.2, 0.25) is 0 Å². The number of anilines is 2. The van der Waals surface area contributed by atoms with E-state index in [4.69, 9.17) is 5.10 Å². The molecule has 0 N–H and O–H groups in total. The minimum atomic E-state index is 0.989. The Morgan fingerprint density at radius 1 is 1.30 bits per heavy atom. The van der Waals surface area contributed by atoms with Gasteiger partial charge < -0.3 is 4.90 Å². The van der Waals surface area contributed by atoms with E-state index in [1.807, 2.05) is 6.20 Å². The Bertz CT molecular complexity index is 962. The molecule has 0 radical (unpaired) electrons. The molecule has 0 unspecified atom stereocenters. The topological polar surface area (TPSA) is 34.0 Å². The fourth-order valence-electron chi connectivity index (χ4n) is 4.12. The minimum Gasteiger partial charge on any atom is -0.323 e. The molecule has 0 fully saturated rings. The van der Waals surface area contributed by atoms with Crippen LogP contribution >= 0.6 is 11.3 Å². The monoisotopic (exact) mass is 378 g/mol. The lowest BCUT2D eigenvalue weighted by Crippen LogP contribution is -2.26. The molecule has 3 aromatic heterocycles. The van der Waals surface area contributed by atoms with Crippen molar-refractivity contribution in [3.8, 4) is 0 Å². The van der Waals surface area contributed by atoms with Crippen LogP contribution in [0.2, 0.25) is 0 Å². The normalized spacial score (nSPS) is 14.5. The van der Waals surface area contributed by atoms with E-state index in [9.17, 15) is 0 Å². The smallest absolute Gasteiger partial charge is 0.158 e. The van der Waals surface area contributed by atoms with E-state index in [0.717, 1.165) is 37.3 Å². The van der Waals surface area contributed by atoms with Crippen molar-refractivity contribution in [3.05, 3.63) is 63.2 Å². The summed E-state index contributed by atoms with van der Waals surface area (Å²) in [7, 11) is 2.08. The highest BCUT2D eigenvalue weighted by atomic mass is 32.1. The second-order valence-corrected chi connectivity index (χ2v) is 8.04. The standard InChI is InChI=1S/C22H26N4S/c1-5-8-17(19-10-7-14-27-19)21-18-9-6-13-26(22(18)24-25(21)4)20-15(2)11-12-23-16(20)3/h7-8,10-12,14H,5-6,9,13H2,1-4H3. The van der Waals surface area contributed by atoms with Gasteiger partial charge in [0.1, 0.15) is 0 Å². The third-order valence-corrected chi connectivity index (χ3v) is 6.12. The number of hydrogen-bond donors (Lipinski definition) is 0. The molecule has 0 bridgehead atoms. The molecular formula is C22H26N4S. The predicted octanol–water partition coefficient (Wildman–Crippen LogP) is 5.42. The van der Waals surface area contributed by atoms with Gasteiger partial charge in [-0.05, 0) is 56.2 Å². The lowest BCUT2D eigenvalue weighted by atomic mass is 9.98. The summed E-state index contributed by atoms with van der Waals surface area (Å²) in [5, 5.41) is 7.13. The highest BCUT2D eigenvalue weighted by molar-refractivity contribution is 7.11. The van der Waals surface area contributed by atoms with Crippen molar-refractivity contribution in [1.29, 1.82) is 0 Å². The van der Waals surface area contributed by atoms with Crippen molar-refractivity contribution >= 4 is 28.4 Å². The first-order chi connectivity index (χ1) is 13.1. The molecule has 1 aliphatic heterocycles. The molecule has 27 heavy (non-hydrogen) atoms. The molecule has 1 aliphatic rings. The Balaban J connectivity index is 1.88. The zero-order chi connectivity index (χ0) is 19.0. The van der Waals surface area contributed by atoms with E-state index in [2.05, 4.69) is 72.0 Å². The number of thiophene rings is 1. The number of hydrogen-bond acceptors (Lipinski definition) is 4. The molecule has 4 heterocycles. The van der Waals surface area contributed by atoms with Gasteiger partial charge in [0.25, 0.3) is 0 Å². The van der Waals surface area contributed by atoms with Crippen molar-refractivity contribution in [1.82, 2.24) is 14.8 Å². The molecule has 0 aromatic carbocycles. The molecule has 4 rings (SSSR count).